The van der Waals surface area contributed by atoms with Crippen LogP contribution in [-0.4, -0.2) is 73.3 Å². The summed E-state index contributed by atoms with van der Waals surface area (Å²) in [5, 5.41) is 3.26. The van der Waals surface area contributed by atoms with E-state index in [4.69, 9.17) is 9.47 Å². The molecule has 128 valence electrons. The molecule has 1 unspecified atom stereocenters. The Morgan fingerprint density at radius 2 is 2.35 bits per heavy atom. The summed E-state index contributed by atoms with van der Waals surface area (Å²) in [4.78, 5) is 20.0. The van der Waals surface area contributed by atoms with E-state index >= 15 is 0 Å². The van der Waals surface area contributed by atoms with Gasteiger partial charge in [-0.05, 0) is 13.3 Å². The number of nitrogens with zero attached hydrogens (tertiary/aromatic N) is 3. The topological polar surface area (TPSA) is 54.9 Å². The fraction of sp³-hybridized carbons (Fsp3) is 0.750. The van der Waals surface area contributed by atoms with E-state index in [9.17, 15) is 4.79 Å². The molecule has 0 saturated carbocycles. The van der Waals surface area contributed by atoms with Gasteiger partial charge >= 0.3 is 0 Å². The van der Waals surface area contributed by atoms with Crippen LogP contribution >= 0.6 is 11.3 Å². The number of hydrogen-bond donors (Lipinski definition) is 0. The lowest BCUT2D eigenvalue weighted by atomic mass is 9.81. The first-order chi connectivity index (χ1) is 11.0. The molecule has 3 rings (SSSR count). The number of likely N-dealkylation sites (N-methyl/N-ethyl adjacent to an activating group) is 1. The second-order valence-electron chi connectivity index (χ2n) is 6.73. The van der Waals surface area contributed by atoms with E-state index < -0.39 is 0 Å². The molecule has 2 saturated heterocycles. The van der Waals surface area contributed by atoms with Crippen molar-refractivity contribution in [1.29, 1.82) is 0 Å². The highest BCUT2D eigenvalue weighted by molar-refractivity contribution is 7.09. The summed E-state index contributed by atoms with van der Waals surface area (Å²) in [7, 11) is 3.49. The van der Waals surface area contributed by atoms with Crippen LogP contribution in [0.2, 0.25) is 0 Å². The summed E-state index contributed by atoms with van der Waals surface area (Å²) < 4.78 is 11.7. The summed E-state index contributed by atoms with van der Waals surface area (Å²) in [5.41, 5.74) is 1.02. The van der Waals surface area contributed by atoms with Crippen LogP contribution in [0.5, 0.6) is 0 Å². The number of carbonyl (C=O) groups excluding carboxylic acids is 1. The smallest absolute Gasteiger partial charge is 0.248 e. The Hall–Kier alpha value is -1.02. The Morgan fingerprint density at radius 1 is 1.57 bits per heavy atom. The molecular formula is C16H25N3O3S. The van der Waals surface area contributed by atoms with Gasteiger partial charge in [0.05, 0.1) is 18.8 Å². The van der Waals surface area contributed by atoms with Crippen LogP contribution in [0, 0.1) is 12.8 Å². The van der Waals surface area contributed by atoms with E-state index in [0.717, 1.165) is 38.4 Å². The maximum absolute atomic E-state index is 11.6. The van der Waals surface area contributed by atoms with Gasteiger partial charge in [0.15, 0.2) is 0 Å². The van der Waals surface area contributed by atoms with E-state index in [1.54, 1.807) is 30.3 Å². The van der Waals surface area contributed by atoms with Crippen molar-refractivity contribution in [1.82, 2.24) is 14.8 Å². The minimum atomic E-state index is -0.0759. The predicted octanol–water partition coefficient (Wildman–Crippen LogP) is 1.15. The summed E-state index contributed by atoms with van der Waals surface area (Å²) in [6, 6.07) is 0. The Labute approximate surface area is 141 Å². The molecule has 1 amide bonds. The monoisotopic (exact) mass is 339 g/mol. The van der Waals surface area contributed by atoms with Gasteiger partial charge in [-0.2, -0.15) is 0 Å². The maximum Gasteiger partial charge on any atom is 0.248 e. The highest BCUT2D eigenvalue weighted by Gasteiger charge is 2.52. The van der Waals surface area contributed by atoms with Crippen molar-refractivity contribution in [2.75, 3.05) is 47.0 Å². The van der Waals surface area contributed by atoms with E-state index in [-0.39, 0.29) is 18.1 Å². The zero-order valence-corrected chi connectivity index (χ0v) is 14.9. The summed E-state index contributed by atoms with van der Waals surface area (Å²) >= 11 is 1.72. The third-order valence-corrected chi connectivity index (χ3v) is 5.60. The molecule has 1 aromatic rings. The molecule has 2 aliphatic heterocycles. The Balaban J connectivity index is 1.45. The van der Waals surface area contributed by atoms with Gasteiger partial charge in [-0.15, -0.1) is 11.3 Å². The van der Waals surface area contributed by atoms with Crippen molar-refractivity contribution < 1.29 is 14.3 Å². The van der Waals surface area contributed by atoms with Gasteiger partial charge < -0.3 is 14.4 Å². The van der Waals surface area contributed by atoms with Crippen molar-refractivity contribution in [3.8, 4) is 0 Å². The van der Waals surface area contributed by atoms with E-state index in [2.05, 4.69) is 15.3 Å². The molecule has 1 spiro atoms. The fourth-order valence-electron chi connectivity index (χ4n) is 3.28. The number of rotatable bonds is 6. The zero-order valence-electron chi connectivity index (χ0n) is 14.1. The van der Waals surface area contributed by atoms with Gasteiger partial charge in [-0.3, -0.25) is 9.69 Å². The first kappa shape index (κ1) is 16.8. The van der Waals surface area contributed by atoms with Gasteiger partial charge in [0.1, 0.15) is 11.6 Å². The van der Waals surface area contributed by atoms with Crippen LogP contribution in [0.4, 0.5) is 0 Å². The first-order valence-electron chi connectivity index (χ1n) is 8.04. The SMILES string of the molecule is Cc1csc(CN2CC3(C2)OCCC3COCC(=O)N(C)C)n1. The van der Waals surface area contributed by atoms with Crippen LogP contribution in [0.15, 0.2) is 5.38 Å². The number of likely N-dealkylation sites (tertiary alicyclic amines) is 1. The normalized spacial score (nSPS) is 23.2. The summed E-state index contributed by atoms with van der Waals surface area (Å²) in [6.45, 7) is 6.34. The van der Waals surface area contributed by atoms with Gasteiger partial charge in [0.25, 0.3) is 0 Å². The van der Waals surface area contributed by atoms with Crippen LogP contribution < -0.4 is 0 Å². The predicted molar refractivity (Wildman–Crippen MR) is 88.4 cm³/mol. The number of ether oxygens (including phenoxy) is 2. The van der Waals surface area contributed by atoms with Gasteiger partial charge in [0.2, 0.25) is 5.91 Å². The lowest BCUT2D eigenvalue weighted by molar-refractivity contribution is -0.150. The molecule has 0 radical (unpaired) electrons. The summed E-state index contributed by atoms with van der Waals surface area (Å²) in [6.07, 6.45) is 1.01. The molecule has 0 bridgehead atoms. The number of hydrogen-bond acceptors (Lipinski definition) is 6. The van der Waals surface area contributed by atoms with Gasteiger partial charge in [-0.1, -0.05) is 0 Å². The number of carbonyl (C=O) groups is 1. The Bertz CT molecular complexity index is 555. The molecule has 0 N–H and O–H groups in total. The van der Waals surface area contributed by atoms with Crippen molar-refractivity contribution in [2.45, 2.75) is 25.5 Å². The second kappa shape index (κ2) is 6.84. The molecule has 6 nitrogen and oxygen atoms in total. The van der Waals surface area contributed by atoms with Gasteiger partial charge in [0, 0.05) is 50.8 Å². The number of amides is 1. The number of aryl methyl sites for hydroxylation is 1. The highest BCUT2D eigenvalue weighted by Crippen LogP contribution is 2.40. The Morgan fingerprint density at radius 3 is 3.00 bits per heavy atom. The standard InChI is InChI=1S/C16H25N3O3S/c1-12-9-23-14(17-12)6-19-10-16(11-19)13(4-5-22-16)7-21-8-15(20)18(2)3/h9,13H,4-8,10-11H2,1-3H3. The van der Waals surface area contributed by atoms with Crippen LogP contribution in [-0.2, 0) is 20.8 Å². The largest absolute Gasteiger partial charge is 0.372 e. The highest BCUT2D eigenvalue weighted by atomic mass is 32.1. The van der Waals surface area contributed by atoms with Gasteiger partial charge in [-0.25, -0.2) is 4.98 Å². The molecule has 1 aromatic heterocycles. The fourth-order valence-corrected chi connectivity index (χ4v) is 4.09. The molecule has 3 heterocycles. The first-order valence-corrected chi connectivity index (χ1v) is 8.92. The Kier molecular flexibility index (Phi) is 5.01. The lowest BCUT2D eigenvalue weighted by Crippen LogP contribution is -2.64. The molecular weight excluding hydrogens is 314 g/mol. The van der Waals surface area contributed by atoms with E-state index in [1.165, 1.54) is 5.01 Å². The molecule has 2 fully saturated rings. The molecule has 0 aliphatic carbocycles. The molecule has 7 heteroatoms. The third kappa shape index (κ3) is 3.74. The van der Waals surface area contributed by atoms with Crippen molar-refractivity contribution >= 4 is 17.2 Å². The quantitative estimate of drug-likeness (QED) is 0.778. The van der Waals surface area contributed by atoms with Crippen LogP contribution in [0.3, 0.4) is 0 Å². The van der Waals surface area contributed by atoms with E-state index in [0.29, 0.717) is 12.5 Å². The molecule has 23 heavy (non-hydrogen) atoms. The average molecular weight is 339 g/mol. The number of thiazole rings is 1. The van der Waals surface area contributed by atoms with E-state index in [1.807, 2.05) is 6.92 Å². The molecule has 0 aromatic carbocycles. The van der Waals surface area contributed by atoms with Crippen molar-refractivity contribution in [3.05, 3.63) is 16.1 Å². The minimum absolute atomic E-state index is 0.00680. The second-order valence-corrected chi connectivity index (χ2v) is 7.67. The zero-order chi connectivity index (χ0) is 16.4. The lowest BCUT2D eigenvalue weighted by Gasteiger charge is -2.50. The van der Waals surface area contributed by atoms with Crippen molar-refractivity contribution in [3.63, 3.8) is 0 Å². The van der Waals surface area contributed by atoms with Crippen LogP contribution in [0.1, 0.15) is 17.1 Å². The molecule has 1 atom stereocenters. The summed E-state index contributed by atoms with van der Waals surface area (Å²) in [5.74, 6) is 0.388. The molecule has 2 aliphatic rings. The van der Waals surface area contributed by atoms with Crippen molar-refractivity contribution in [2.24, 2.45) is 5.92 Å². The average Bonchev–Trinajstić information content (AvgIpc) is 3.05. The third-order valence-electron chi connectivity index (χ3n) is 4.65. The number of aromatic nitrogens is 1. The van der Waals surface area contributed by atoms with Crippen LogP contribution in [0.25, 0.3) is 0 Å². The minimum Gasteiger partial charge on any atom is -0.372 e. The maximum atomic E-state index is 11.6.